The molecule has 3 nitrogen and oxygen atoms in total. The lowest BCUT2D eigenvalue weighted by Crippen LogP contribution is -2.25. The number of benzene rings is 1. The van der Waals surface area contributed by atoms with Gasteiger partial charge in [-0.15, -0.1) is 0 Å². The lowest BCUT2D eigenvalue weighted by atomic mass is 10.1. The molecule has 3 heteroatoms. The van der Waals surface area contributed by atoms with E-state index in [1.807, 2.05) is 0 Å². The molecule has 108 valence electrons. The summed E-state index contributed by atoms with van der Waals surface area (Å²) in [6, 6.07) is 6.74. The second-order valence-electron chi connectivity index (χ2n) is 5.49. The second kappa shape index (κ2) is 8.18. The van der Waals surface area contributed by atoms with Crippen molar-refractivity contribution in [2.24, 2.45) is 0 Å². The molecule has 0 aliphatic heterocycles. The highest BCUT2D eigenvalue weighted by Crippen LogP contribution is 2.21. The molecule has 0 aromatic heterocycles. The summed E-state index contributed by atoms with van der Waals surface area (Å²) in [5.41, 5.74) is 4.08. The molecule has 0 aliphatic carbocycles. The molecule has 0 bridgehead atoms. The molecule has 1 N–H and O–H groups in total. The summed E-state index contributed by atoms with van der Waals surface area (Å²) in [6.07, 6.45) is 1.19. The molecule has 1 aromatic rings. The highest BCUT2D eigenvalue weighted by Gasteiger charge is 2.07. The van der Waals surface area contributed by atoms with Crippen LogP contribution in [-0.4, -0.2) is 45.7 Å². The number of hydrogen-bond donors (Lipinski definition) is 1. The number of nitrogens with one attached hydrogen (secondary N) is 1. The van der Waals surface area contributed by atoms with Gasteiger partial charge in [0.1, 0.15) is 0 Å². The van der Waals surface area contributed by atoms with Crippen molar-refractivity contribution in [2.75, 3.05) is 45.7 Å². The second-order valence-corrected chi connectivity index (χ2v) is 5.49. The van der Waals surface area contributed by atoms with E-state index in [4.69, 9.17) is 0 Å². The maximum atomic E-state index is 3.43. The molecular weight excluding hydrogens is 234 g/mol. The van der Waals surface area contributed by atoms with Gasteiger partial charge in [-0.2, -0.15) is 0 Å². The Labute approximate surface area is 118 Å². The molecule has 0 radical (unpaired) electrons. The minimum atomic E-state index is 0.950. The topological polar surface area (TPSA) is 18.5 Å². The Hall–Kier alpha value is -1.06. The minimum Gasteiger partial charge on any atom is -0.374 e. The maximum Gasteiger partial charge on any atom is 0.0409 e. The van der Waals surface area contributed by atoms with Crippen molar-refractivity contribution in [3.63, 3.8) is 0 Å². The summed E-state index contributed by atoms with van der Waals surface area (Å²) in [7, 11) is 6.45. The van der Waals surface area contributed by atoms with Gasteiger partial charge in [0, 0.05) is 25.8 Å². The zero-order chi connectivity index (χ0) is 14.3. The van der Waals surface area contributed by atoms with E-state index in [2.05, 4.69) is 68.3 Å². The summed E-state index contributed by atoms with van der Waals surface area (Å²) >= 11 is 0. The van der Waals surface area contributed by atoms with Crippen LogP contribution in [0, 0.1) is 6.92 Å². The van der Waals surface area contributed by atoms with Gasteiger partial charge in [-0.3, -0.25) is 0 Å². The fraction of sp³-hybridized carbons (Fsp3) is 0.625. The first kappa shape index (κ1) is 16.0. The fourth-order valence-electron chi connectivity index (χ4n) is 2.23. The average Bonchev–Trinajstić information content (AvgIpc) is 2.35. The van der Waals surface area contributed by atoms with Crippen molar-refractivity contribution in [1.82, 2.24) is 10.2 Å². The fourth-order valence-corrected chi connectivity index (χ4v) is 2.23. The highest BCUT2D eigenvalue weighted by atomic mass is 15.1. The molecule has 0 fully saturated rings. The van der Waals surface area contributed by atoms with E-state index in [-0.39, 0.29) is 0 Å². The summed E-state index contributed by atoms with van der Waals surface area (Å²) in [4.78, 5) is 4.61. The van der Waals surface area contributed by atoms with E-state index in [0.717, 1.165) is 26.2 Å². The zero-order valence-electron chi connectivity index (χ0n) is 13.2. The largest absolute Gasteiger partial charge is 0.374 e. The van der Waals surface area contributed by atoms with Crippen molar-refractivity contribution in [2.45, 2.75) is 26.8 Å². The van der Waals surface area contributed by atoms with Gasteiger partial charge in [0.15, 0.2) is 0 Å². The molecule has 19 heavy (non-hydrogen) atoms. The molecule has 0 amide bonds. The van der Waals surface area contributed by atoms with E-state index in [1.54, 1.807) is 0 Å². The van der Waals surface area contributed by atoms with Crippen molar-refractivity contribution in [3.05, 3.63) is 29.3 Å². The standard InChI is InChI=1S/C16H29N3/c1-6-17-13-15-12-14(2)8-9-16(15)19(5)11-7-10-18(3)4/h8-9,12,17H,6-7,10-11,13H2,1-5H3. The Morgan fingerprint density at radius 2 is 1.84 bits per heavy atom. The van der Waals surface area contributed by atoms with E-state index in [0.29, 0.717) is 0 Å². The third-order valence-corrected chi connectivity index (χ3v) is 3.31. The Morgan fingerprint density at radius 3 is 2.47 bits per heavy atom. The van der Waals surface area contributed by atoms with Crippen molar-refractivity contribution in [1.29, 1.82) is 0 Å². The van der Waals surface area contributed by atoms with Crippen molar-refractivity contribution in [3.8, 4) is 0 Å². The lowest BCUT2D eigenvalue weighted by molar-refractivity contribution is 0.401. The molecule has 0 unspecified atom stereocenters. The Balaban J connectivity index is 2.68. The summed E-state index contributed by atoms with van der Waals surface area (Å²) in [6.45, 7) is 8.50. The molecule has 1 aromatic carbocycles. The van der Waals surface area contributed by atoms with Crippen LogP contribution in [-0.2, 0) is 6.54 Å². The van der Waals surface area contributed by atoms with Crippen LogP contribution in [0.15, 0.2) is 18.2 Å². The predicted octanol–water partition coefficient (Wildman–Crippen LogP) is 2.49. The summed E-state index contributed by atoms with van der Waals surface area (Å²) in [5, 5.41) is 3.43. The maximum absolute atomic E-state index is 3.43. The van der Waals surface area contributed by atoms with Gasteiger partial charge in [0.25, 0.3) is 0 Å². The third-order valence-electron chi connectivity index (χ3n) is 3.31. The Kier molecular flexibility index (Phi) is 6.89. The molecular formula is C16H29N3. The Bertz CT molecular complexity index is 374. The number of aryl methyl sites for hydroxylation is 1. The van der Waals surface area contributed by atoms with Crippen LogP contribution in [0.2, 0.25) is 0 Å². The monoisotopic (exact) mass is 263 g/mol. The summed E-state index contributed by atoms with van der Waals surface area (Å²) in [5.74, 6) is 0. The van der Waals surface area contributed by atoms with Crippen LogP contribution < -0.4 is 10.2 Å². The number of hydrogen-bond acceptors (Lipinski definition) is 3. The van der Waals surface area contributed by atoms with Gasteiger partial charge in [-0.1, -0.05) is 24.6 Å². The van der Waals surface area contributed by atoms with Gasteiger partial charge in [0.05, 0.1) is 0 Å². The molecule has 1 rings (SSSR count). The molecule has 0 heterocycles. The van der Waals surface area contributed by atoms with Gasteiger partial charge in [-0.05, 0) is 52.2 Å². The van der Waals surface area contributed by atoms with E-state index in [9.17, 15) is 0 Å². The van der Waals surface area contributed by atoms with Crippen LogP contribution in [0.1, 0.15) is 24.5 Å². The highest BCUT2D eigenvalue weighted by molar-refractivity contribution is 5.54. The first-order valence-corrected chi connectivity index (χ1v) is 7.20. The molecule has 0 aliphatic rings. The normalized spacial score (nSPS) is 11.1. The van der Waals surface area contributed by atoms with Gasteiger partial charge in [0.2, 0.25) is 0 Å². The number of rotatable bonds is 8. The first-order chi connectivity index (χ1) is 9.04. The predicted molar refractivity (Wildman–Crippen MR) is 85.0 cm³/mol. The average molecular weight is 263 g/mol. The minimum absolute atomic E-state index is 0.950. The smallest absolute Gasteiger partial charge is 0.0409 e. The van der Waals surface area contributed by atoms with Crippen molar-refractivity contribution >= 4 is 5.69 Å². The number of nitrogens with zero attached hydrogens (tertiary/aromatic N) is 2. The van der Waals surface area contributed by atoms with E-state index >= 15 is 0 Å². The van der Waals surface area contributed by atoms with Gasteiger partial charge >= 0.3 is 0 Å². The van der Waals surface area contributed by atoms with Crippen molar-refractivity contribution < 1.29 is 0 Å². The number of anilines is 1. The van der Waals surface area contributed by atoms with Crippen LogP contribution in [0.25, 0.3) is 0 Å². The zero-order valence-corrected chi connectivity index (χ0v) is 13.2. The molecule has 0 saturated heterocycles. The summed E-state index contributed by atoms with van der Waals surface area (Å²) < 4.78 is 0. The molecule has 0 atom stereocenters. The van der Waals surface area contributed by atoms with Crippen LogP contribution in [0.4, 0.5) is 5.69 Å². The van der Waals surface area contributed by atoms with E-state index < -0.39 is 0 Å². The van der Waals surface area contributed by atoms with Crippen LogP contribution in [0.3, 0.4) is 0 Å². The van der Waals surface area contributed by atoms with Crippen LogP contribution >= 0.6 is 0 Å². The first-order valence-electron chi connectivity index (χ1n) is 7.20. The van der Waals surface area contributed by atoms with Gasteiger partial charge in [-0.25, -0.2) is 0 Å². The quantitative estimate of drug-likeness (QED) is 0.777. The third kappa shape index (κ3) is 5.62. The van der Waals surface area contributed by atoms with Gasteiger partial charge < -0.3 is 15.1 Å². The lowest BCUT2D eigenvalue weighted by Gasteiger charge is -2.24. The SMILES string of the molecule is CCNCc1cc(C)ccc1N(C)CCCN(C)C. The molecule has 0 spiro atoms. The van der Waals surface area contributed by atoms with E-state index in [1.165, 1.54) is 23.2 Å². The Morgan fingerprint density at radius 1 is 1.11 bits per heavy atom. The van der Waals surface area contributed by atoms with Crippen LogP contribution in [0.5, 0.6) is 0 Å². The molecule has 0 saturated carbocycles.